The molecule has 5 nitrogen and oxygen atoms in total. The monoisotopic (exact) mass is 252 g/mol. The van der Waals surface area contributed by atoms with Crippen molar-refractivity contribution in [1.82, 2.24) is 20.3 Å². The number of nitrogens with zero attached hydrogens (tertiary/aromatic N) is 3. The summed E-state index contributed by atoms with van der Waals surface area (Å²) in [6.07, 6.45) is 5.92. The lowest BCUT2D eigenvalue weighted by Crippen LogP contribution is -2.35. The molecular weight excluding hydrogens is 228 g/mol. The molecule has 5 heteroatoms. The summed E-state index contributed by atoms with van der Waals surface area (Å²) in [5.41, 5.74) is 1.05. The predicted octanol–water partition coefficient (Wildman–Crippen LogP) is 1.76. The third kappa shape index (κ3) is 6.51. The molecule has 0 aliphatic rings. The first-order valence-corrected chi connectivity index (χ1v) is 6.34. The van der Waals surface area contributed by atoms with Crippen molar-refractivity contribution in [3.63, 3.8) is 0 Å². The van der Waals surface area contributed by atoms with E-state index in [1.54, 1.807) is 0 Å². The average Bonchev–Trinajstić information content (AvgIpc) is 2.73. The van der Waals surface area contributed by atoms with E-state index in [-0.39, 0.29) is 5.54 Å². The van der Waals surface area contributed by atoms with Gasteiger partial charge < -0.3 is 10.1 Å². The van der Waals surface area contributed by atoms with Gasteiger partial charge in [-0.1, -0.05) is 17.4 Å². The van der Waals surface area contributed by atoms with Gasteiger partial charge >= 0.3 is 0 Å². The van der Waals surface area contributed by atoms with Crippen molar-refractivity contribution in [2.45, 2.75) is 46.3 Å². The molecule has 0 atom stereocenters. The normalized spacial score (nSPS) is 12.4. The molecule has 1 N–H and O–H groups in total. The minimum atomic E-state index is 0.0966. The zero-order valence-corrected chi connectivity index (χ0v) is 11.8. The Kier molecular flexibility index (Phi) is 6.01. The Hall–Kier alpha value is -1.20. The van der Waals surface area contributed by atoms with Crippen molar-refractivity contribution in [1.29, 1.82) is 0 Å². The van der Waals surface area contributed by atoms with Crippen LogP contribution in [-0.2, 0) is 17.8 Å². The van der Waals surface area contributed by atoms with Crippen molar-refractivity contribution < 1.29 is 4.74 Å². The first-order chi connectivity index (χ1) is 8.51. The van der Waals surface area contributed by atoms with Crippen LogP contribution in [0.2, 0.25) is 0 Å². The largest absolute Gasteiger partial charge is 0.375 e. The predicted molar refractivity (Wildman–Crippen MR) is 72.2 cm³/mol. The molecule has 0 aliphatic heterocycles. The Morgan fingerprint density at radius 2 is 2.22 bits per heavy atom. The highest BCUT2D eigenvalue weighted by Gasteiger charge is 2.09. The van der Waals surface area contributed by atoms with Crippen LogP contribution in [-0.4, -0.2) is 33.7 Å². The van der Waals surface area contributed by atoms with E-state index in [0.29, 0.717) is 13.2 Å². The van der Waals surface area contributed by atoms with E-state index >= 15 is 0 Å². The van der Waals surface area contributed by atoms with Crippen molar-refractivity contribution >= 4 is 0 Å². The van der Waals surface area contributed by atoms with Crippen LogP contribution in [0.3, 0.4) is 0 Å². The van der Waals surface area contributed by atoms with E-state index < -0.39 is 0 Å². The molecule has 0 amide bonds. The smallest absolute Gasteiger partial charge is 0.0965 e. The highest BCUT2D eigenvalue weighted by Crippen LogP contribution is 2.01. The van der Waals surface area contributed by atoms with Gasteiger partial charge in [-0.05, 0) is 27.7 Å². The lowest BCUT2D eigenvalue weighted by molar-refractivity contribution is 0.149. The van der Waals surface area contributed by atoms with Crippen LogP contribution < -0.4 is 5.32 Å². The van der Waals surface area contributed by atoms with Gasteiger partial charge in [-0.25, -0.2) is 4.68 Å². The van der Waals surface area contributed by atoms with E-state index in [1.807, 2.05) is 30.0 Å². The average molecular weight is 252 g/mol. The van der Waals surface area contributed by atoms with Crippen molar-refractivity contribution in [2.75, 3.05) is 13.2 Å². The molecule has 0 aliphatic carbocycles. The molecule has 0 fully saturated rings. The zero-order valence-electron chi connectivity index (χ0n) is 11.8. The molecule has 0 saturated carbocycles. The Balaban J connectivity index is 2.26. The Morgan fingerprint density at radius 3 is 2.89 bits per heavy atom. The third-order valence-corrected chi connectivity index (χ3v) is 2.30. The second-order valence-corrected chi connectivity index (χ2v) is 5.22. The molecule has 0 saturated heterocycles. The van der Waals surface area contributed by atoms with Crippen LogP contribution in [0, 0.1) is 0 Å². The number of allylic oxidation sites excluding steroid dienone is 1. The van der Waals surface area contributed by atoms with Crippen LogP contribution in [0.25, 0.3) is 0 Å². The van der Waals surface area contributed by atoms with Gasteiger partial charge in [0.15, 0.2) is 0 Å². The van der Waals surface area contributed by atoms with E-state index in [4.69, 9.17) is 4.74 Å². The van der Waals surface area contributed by atoms with Crippen LogP contribution in [0.5, 0.6) is 0 Å². The molecule has 1 rings (SSSR count). The maximum absolute atomic E-state index is 5.41. The van der Waals surface area contributed by atoms with Gasteiger partial charge in [0.2, 0.25) is 0 Å². The first-order valence-electron chi connectivity index (χ1n) is 6.34. The number of nitrogens with one attached hydrogen (secondary N) is 1. The maximum Gasteiger partial charge on any atom is 0.0965 e. The maximum atomic E-state index is 5.41. The van der Waals surface area contributed by atoms with Crippen molar-refractivity contribution in [3.05, 3.63) is 24.0 Å². The molecule has 1 aromatic heterocycles. The number of hydrogen-bond donors (Lipinski definition) is 1. The van der Waals surface area contributed by atoms with Gasteiger partial charge in [-0.2, -0.15) is 0 Å². The Bertz CT molecular complexity index is 365. The number of hydrogen-bond acceptors (Lipinski definition) is 4. The Labute approximate surface area is 109 Å². The van der Waals surface area contributed by atoms with E-state index in [2.05, 4.69) is 36.4 Å². The topological polar surface area (TPSA) is 52.0 Å². The summed E-state index contributed by atoms with van der Waals surface area (Å²) >= 11 is 0. The van der Waals surface area contributed by atoms with Gasteiger partial charge in [0.25, 0.3) is 0 Å². The summed E-state index contributed by atoms with van der Waals surface area (Å²) in [5.74, 6) is 0. The minimum absolute atomic E-state index is 0.0966. The molecule has 0 radical (unpaired) electrons. The highest BCUT2D eigenvalue weighted by molar-refractivity contribution is 4.93. The van der Waals surface area contributed by atoms with Gasteiger partial charge in [-0.3, -0.25) is 0 Å². The standard InChI is InChI=1S/C13H24N4O/c1-5-6-8-18-9-7-17-11-12(15-16-17)10-14-13(2,3)4/h5-6,11,14H,7-10H2,1-4H3. The number of rotatable bonds is 7. The summed E-state index contributed by atoms with van der Waals surface area (Å²) < 4.78 is 7.23. The fourth-order valence-corrected chi connectivity index (χ4v) is 1.29. The quantitative estimate of drug-likeness (QED) is 0.593. The second kappa shape index (κ2) is 7.28. The molecule has 1 heterocycles. The van der Waals surface area contributed by atoms with Gasteiger partial charge in [-0.15, -0.1) is 5.10 Å². The summed E-state index contributed by atoms with van der Waals surface area (Å²) in [5, 5.41) is 11.6. The molecule has 1 aromatic rings. The van der Waals surface area contributed by atoms with Gasteiger partial charge in [0.05, 0.1) is 25.5 Å². The molecule has 0 unspecified atom stereocenters. The molecule has 0 bridgehead atoms. The first kappa shape index (κ1) is 14.9. The second-order valence-electron chi connectivity index (χ2n) is 5.22. The van der Waals surface area contributed by atoms with Crippen LogP contribution >= 0.6 is 0 Å². The van der Waals surface area contributed by atoms with Crippen molar-refractivity contribution in [2.24, 2.45) is 0 Å². The molecular formula is C13H24N4O. The summed E-state index contributed by atoms with van der Waals surface area (Å²) in [7, 11) is 0. The van der Waals surface area contributed by atoms with Crippen molar-refractivity contribution in [3.8, 4) is 0 Å². The van der Waals surface area contributed by atoms with Gasteiger partial charge in [0.1, 0.15) is 0 Å². The lowest BCUT2D eigenvalue weighted by atomic mass is 10.1. The zero-order chi connectivity index (χ0) is 13.4. The minimum Gasteiger partial charge on any atom is -0.375 e. The van der Waals surface area contributed by atoms with Crippen LogP contribution in [0.15, 0.2) is 18.3 Å². The molecule has 18 heavy (non-hydrogen) atoms. The Morgan fingerprint density at radius 1 is 1.44 bits per heavy atom. The highest BCUT2D eigenvalue weighted by atomic mass is 16.5. The SMILES string of the molecule is CC=CCOCCn1cc(CNC(C)(C)C)nn1. The number of ether oxygens (including phenoxy) is 1. The van der Waals surface area contributed by atoms with Crippen LogP contribution in [0.4, 0.5) is 0 Å². The molecule has 102 valence electrons. The lowest BCUT2D eigenvalue weighted by Gasteiger charge is -2.19. The molecule has 0 aromatic carbocycles. The fraction of sp³-hybridized carbons (Fsp3) is 0.692. The third-order valence-electron chi connectivity index (χ3n) is 2.30. The summed E-state index contributed by atoms with van der Waals surface area (Å²) in [6, 6.07) is 0. The van der Waals surface area contributed by atoms with E-state index in [0.717, 1.165) is 18.8 Å². The van der Waals surface area contributed by atoms with E-state index in [1.165, 1.54) is 0 Å². The van der Waals surface area contributed by atoms with Crippen LogP contribution in [0.1, 0.15) is 33.4 Å². The summed E-state index contributed by atoms with van der Waals surface area (Å²) in [4.78, 5) is 0. The van der Waals surface area contributed by atoms with Gasteiger partial charge in [0, 0.05) is 18.3 Å². The van der Waals surface area contributed by atoms with E-state index in [9.17, 15) is 0 Å². The number of aromatic nitrogens is 3. The fourth-order valence-electron chi connectivity index (χ4n) is 1.29. The molecule has 0 spiro atoms. The summed E-state index contributed by atoms with van der Waals surface area (Å²) in [6.45, 7) is 11.2.